The Morgan fingerprint density at radius 2 is 1.70 bits per heavy atom. The highest BCUT2D eigenvalue weighted by molar-refractivity contribution is 6.01. The Balaban J connectivity index is 1.53. The monoisotopic (exact) mass is 404 g/mol. The van der Waals surface area contributed by atoms with Gasteiger partial charge in [-0.1, -0.05) is 6.07 Å². The van der Waals surface area contributed by atoms with Crippen LogP contribution in [0.25, 0.3) is 10.8 Å². The fraction of sp³-hybridized carbons (Fsp3) is 0.333. The summed E-state index contributed by atoms with van der Waals surface area (Å²) in [6, 6.07) is 16.1. The van der Waals surface area contributed by atoms with Crippen molar-refractivity contribution < 1.29 is 9.53 Å². The third-order valence-electron chi connectivity index (χ3n) is 5.44. The lowest BCUT2D eigenvalue weighted by Crippen LogP contribution is -2.46. The highest BCUT2D eigenvalue weighted by atomic mass is 16.5. The quantitative estimate of drug-likeness (QED) is 0.703. The number of nitrogens with zero attached hydrogens (tertiary/aromatic N) is 3. The zero-order valence-corrected chi connectivity index (χ0v) is 17.8. The van der Waals surface area contributed by atoms with Crippen LogP contribution in [0.1, 0.15) is 24.2 Å². The molecular formula is C24H28N4O2. The number of pyridine rings is 1. The summed E-state index contributed by atoms with van der Waals surface area (Å²) in [6.07, 6.45) is 1.85. The molecule has 0 saturated carbocycles. The van der Waals surface area contributed by atoms with Crippen LogP contribution in [-0.4, -0.2) is 50.2 Å². The number of amides is 1. The van der Waals surface area contributed by atoms with Crippen LogP contribution in [0.15, 0.2) is 54.7 Å². The Bertz CT molecular complexity index is 1030. The van der Waals surface area contributed by atoms with Gasteiger partial charge in [-0.25, -0.2) is 4.98 Å². The maximum Gasteiger partial charge on any atom is 0.251 e. The Labute approximate surface area is 177 Å². The lowest BCUT2D eigenvalue weighted by Gasteiger charge is -2.37. The topological polar surface area (TPSA) is 57.7 Å². The van der Waals surface area contributed by atoms with Crippen molar-refractivity contribution in [3.63, 3.8) is 0 Å². The van der Waals surface area contributed by atoms with E-state index < -0.39 is 0 Å². The van der Waals surface area contributed by atoms with Gasteiger partial charge in [-0.15, -0.1) is 0 Å². The number of fused-ring (bicyclic) bond motifs is 1. The van der Waals surface area contributed by atoms with Crippen LogP contribution in [0.4, 0.5) is 11.5 Å². The Morgan fingerprint density at radius 1 is 1.00 bits per heavy atom. The number of methoxy groups -OCH3 is 1. The van der Waals surface area contributed by atoms with Gasteiger partial charge < -0.3 is 19.9 Å². The molecule has 1 saturated heterocycles. The predicted octanol–water partition coefficient (Wildman–Crippen LogP) is 3.71. The summed E-state index contributed by atoms with van der Waals surface area (Å²) in [7, 11) is 1.68. The molecule has 0 unspecified atom stereocenters. The zero-order chi connectivity index (χ0) is 21.1. The molecule has 156 valence electrons. The van der Waals surface area contributed by atoms with Crippen molar-refractivity contribution in [2.45, 2.75) is 19.9 Å². The number of rotatable bonds is 5. The van der Waals surface area contributed by atoms with E-state index >= 15 is 0 Å². The molecule has 3 aromatic rings. The molecule has 1 aromatic heterocycles. The van der Waals surface area contributed by atoms with Crippen LogP contribution < -0.4 is 19.9 Å². The van der Waals surface area contributed by atoms with Crippen molar-refractivity contribution in [1.82, 2.24) is 10.3 Å². The first-order chi connectivity index (χ1) is 14.5. The molecule has 1 aliphatic heterocycles. The normalized spacial score (nSPS) is 14.3. The summed E-state index contributed by atoms with van der Waals surface area (Å²) in [5.74, 6) is 1.77. The predicted molar refractivity (Wildman–Crippen MR) is 122 cm³/mol. The third-order valence-corrected chi connectivity index (χ3v) is 5.44. The maximum absolute atomic E-state index is 12.5. The number of anilines is 2. The number of ether oxygens (including phenoxy) is 1. The minimum Gasteiger partial charge on any atom is -0.497 e. The van der Waals surface area contributed by atoms with Gasteiger partial charge in [0.2, 0.25) is 0 Å². The highest BCUT2D eigenvalue weighted by Gasteiger charge is 2.20. The first-order valence-electron chi connectivity index (χ1n) is 10.4. The SMILES string of the molecule is COc1ccc(N2CCN(c3nccc4ccc(C(=O)NC(C)C)cc34)CC2)cc1. The van der Waals surface area contributed by atoms with Gasteiger partial charge in [0.25, 0.3) is 5.91 Å². The first kappa shape index (κ1) is 20.0. The van der Waals surface area contributed by atoms with Gasteiger partial charge in [0.1, 0.15) is 11.6 Å². The fourth-order valence-corrected chi connectivity index (χ4v) is 3.86. The minimum absolute atomic E-state index is 0.0500. The van der Waals surface area contributed by atoms with Crippen LogP contribution in [0.3, 0.4) is 0 Å². The molecule has 0 atom stereocenters. The molecule has 1 aliphatic rings. The number of aromatic nitrogens is 1. The molecule has 6 nitrogen and oxygen atoms in total. The van der Waals surface area contributed by atoms with Gasteiger partial charge in [-0.2, -0.15) is 0 Å². The van der Waals surface area contributed by atoms with Crippen molar-refractivity contribution >= 4 is 28.2 Å². The van der Waals surface area contributed by atoms with E-state index in [2.05, 4.69) is 32.2 Å². The first-order valence-corrected chi connectivity index (χ1v) is 10.4. The summed E-state index contributed by atoms with van der Waals surface area (Å²) in [5.41, 5.74) is 1.87. The van der Waals surface area contributed by atoms with Gasteiger partial charge in [-0.3, -0.25) is 4.79 Å². The van der Waals surface area contributed by atoms with E-state index in [1.807, 2.05) is 56.4 Å². The van der Waals surface area contributed by atoms with E-state index in [0.717, 1.165) is 48.5 Å². The molecule has 6 heteroatoms. The van der Waals surface area contributed by atoms with Gasteiger partial charge in [0.05, 0.1) is 7.11 Å². The van der Waals surface area contributed by atoms with Crippen molar-refractivity contribution in [1.29, 1.82) is 0 Å². The second kappa shape index (κ2) is 8.61. The van der Waals surface area contributed by atoms with E-state index in [4.69, 9.17) is 4.74 Å². The average molecular weight is 405 g/mol. The molecule has 4 rings (SSSR count). The number of benzene rings is 2. The number of hydrogen-bond acceptors (Lipinski definition) is 5. The largest absolute Gasteiger partial charge is 0.497 e. The summed E-state index contributed by atoms with van der Waals surface area (Å²) >= 11 is 0. The lowest BCUT2D eigenvalue weighted by molar-refractivity contribution is 0.0943. The van der Waals surface area contributed by atoms with Crippen molar-refractivity contribution in [3.05, 3.63) is 60.3 Å². The van der Waals surface area contributed by atoms with E-state index in [1.54, 1.807) is 7.11 Å². The highest BCUT2D eigenvalue weighted by Crippen LogP contribution is 2.28. The van der Waals surface area contributed by atoms with E-state index in [0.29, 0.717) is 5.56 Å². The number of carbonyl (C=O) groups excluding carboxylic acids is 1. The third kappa shape index (κ3) is 4.17. The Morgan fingerprint density at radius 3 is 2.37 bits per heavy atom. The molecular weight excluding hydrogens is 376 g/mol. The van der Waals surface area contributed by atoms with Crippen LogP contribution >= 0.6 is 0 Å². The van der Waals surface area contributed by atoms with Crippen molar-refractivity contribution in [2.24, 2.45) is 0 Å². The van der Waals surface area contributed by atoms with Gasteiger partial charge in [0, 0.05) is 55.1 Å². The van der Waals surface area contributed by atoms with Crippen LogP contribution in [0.2, 0.25) is 0 Å². The summed E-state index contributed by atoms with van der Waals surface area (Å²) < 4.78 is 5.26. The van der Waals surface area contributed by atoms with E-state index in [9.17, 15) is 4.79 Å². The smallest absolute Gasteiger partial charge is 0.251 e. The molecule has 1 amide bonds. The Hall–Kier alpha value is -3.28. The number of nitrogens with one attached hydrogen (secondary N) is 1. The molecule has 2 heterocycles. The van der Waals surface area contributed by atoms with Gasteiger partial charge in [0.15, 0.2) is 0 Å². The fourth-order valence-electron chi connectivity index (χ4n) is 3.86. The van der Waals surface area contributed by atoms with Crippen LogP contribution in [-0.2, 0) is 0 Å². The maximum atomic E-state index is 12.5. The molecule has 1 fully saturated rings. The molecule has 1 N–H and O–H groups in total. The van der Waals surface area contributed by atoms with Crippen molar-refractivity contribution in [3.8, 4) is 5.75 Å². The van der Waals surface area contributed by atoms with Crippen LogP contribution in [0, 0.1) is 0 Å². The minimum atomic E-state index is -0.0500. The molecule has 30 heavy (non-hydrogen) atoms. The molecule has 0 spiro atoms. The summed E-state index contributed by atoms with van der Waals surface area (Å²) in [4.78, 5) is 21.8. The molecule has 0 aliphatic carbocycles. The van der Waals surface area contributed by atoms with Gasteiger partial charge in [-0.05, 0) is 61.7 Å². The number of carbonyl (C=O) groups is 1. The standard InChI is InChI=1S/C24H28N4O2/c1-17(2)26-24(29)19-5-4-18-10-11-25-23(22(18)16-19)28-14-12-27(13-15-28)20-6-8-21(30-3)9-7-20/h4-11,16-17H,12-15H2,1-3H3,(H,26,29). The number of piperazine rings is 1. The number of hydrogen-bond donors (Lipinski definition) is 1. The Kier molecular flexibility index (Phi) is 5.74. The summed E-state index contributed by atoms with van der Waals surface area (Å²) in [5, 5.41) is 5.08. The van der Waals surface area contributed by atoms with E-state index in [1.165, 1.54) is 5.69 Å². The second-order valence-electron chi connectivity index (χ2n) is 7.87. The second-order valence-corrected chi connectivity index (χ2v) is 7.87. The average Bonchev–Trinajstić information content (AvgIpc) is 2.78. The van der Waals surface area contributed by atoms with Gasteiger partial charge >= 0.3 is 0 Å². The van der Waals surface area contributed by atoms with Crippen LogP contribution in [0.5, 0.6) is 5.75 Å². The summed E-state index contributed by atoms with van der Waals surface area (Å²) in [6.45, 7) is 7.51. The van der Waals surface area contributed by atoms with E-state index in [-0.39, 0.29) is 11.9 Å². The molecule has 2 aromatic carbocycles. The lowest BCUT2D eigenvalue weighted by atomic mass is 10.1. The van der Waals surface area contributed by atoms with Crippen molar-refractivity contribution in [2.75, 3.05) is 43.1 Å². The zero-order valence-electron chi connectivity index (χ0n) is 17.8. The molecule has 0 bridgehead atoms. The molecule has 0 radical (unpaired) electrons.